The molecule has 2 aromatic carbocycles. The third-order valence-electron chi connectivity index (χ3n) is 4.89. The molecule has 31 heavy (non-hydrogen) atoms. The van der Waals surface area contributed by atoms with E-state index in [9.17, 15) is 18.0 Å². The van der Waals surface area contributed by atoms with Crippen LogP contribution in [-0.4, -0.2) is 50.9 Å². The van der Waals surface area contributed by atoms with Gasteiger partial charge in [-0.1, -0.05) is 6.07 Å². The van der Waals surface area contributed by atoms with Crippen molar-refractivity contribution in [1.29, 1.82) is 0 Å². The number of piperidine rings is 1. The van der Waals surface area contributed by atoms with E-state index >= 15 is 0 Å². The Kier molecular flexibility index (Phi) is 7.29. The lowest BCUT2D eigenvalue weighted by Crippen LogP contribution is -2.46. The third kappa shape index (κ3) is 6.05. The number of nitrogens with one attached hydrogen (secondary N) is 1. The predicted molar refractivity (Wildman–Crippen MR) is 115 cm³/mol. The molecule has 1 fully saturated rings. The highest BCUT2D eigenvalue weighted by Gasteiger charge is 2.27. The zero-order valence-electron chi connectivity index (χ0n) is 17.5. The molecular weight excluding hydrogens is 420 g/mol. The lowest BCUT2D eigenvalue weighted by Gasteiger charge is -2.32. The minimum atomic E-state index is -3.66. The van der Waals surface area contributed by atoms with Gasteiger partial charge in [0.25, 0.3) is 5.91 Å². The first kappa shape index (κ1) is 22.8. The molecule has 1 aliphatic rings. The minimum Gasteiger partial charge on any atom is -0.494 e. The molecule has 1 heterocycles. The fourth-order valence-corrected chi connectivity index (χ4v) is 4.72. The van der Waals surface area contributed by atoms with Crippen molar-refractivity contribution in [3.63, 3.8) is 0 Å². The van der Waals surface area contributed by atoms with Gasteiger partial charge in [0.05, 0.1) is 11.5 Å². The van der Waals surface area contributed by atoms with Gasteiger partial charge in [-0.15, -0.1) is 0 Å². The monoisotopic (exact) mass is 446 g/mol. The number of rotatable bonds is 7. The van der Waals surface area contributed by atoms with E-state index in [1.807, 2.05) is 6.92 Å². The maximum absolute atomic E-state index is 12.8. The van der Waals surface area contributed by atoms with Crippen LogP contribution in [0.15, 0.2) is 53.4 Å². The van der Waals surface area contributed by atoms with Gasteiger partial charge in [-0.05, 0) is 62.2 Å². The second-order valence-corrected chi connectivity index (χ2v) is 8.93. The van der Waals surface area contributed by atoms with Crippen molar-refractivity contribution in [3.8, 4) is 11.5 Å². The molecule has 0 saturated carbocycles. The third-order valence-corrected chi connectivity index (χ3v) is 6.43. The quantitative estimate of drug-likeness (QED) is 0.518. The van der Waals surface area contributed by atoms with Crippen LogP contribution in [0.4, 0.5) is 0 Å². The molecule has 3 rings (SSSR count). The molecule has 1 saturated heterocycles. The number of carbonyl (C=O) groups is 2. The Morgan fingerprint density at radius 2 is 1.74 bits per heavy atom. The molecule has 0 aliphatic carbocycles. The van der Waals surface area contributed by atoms with Crippen LogP contribution in [0.5, 0.6) is 11.5 Å². The lowest BCUT2D eigenvalue weighted by atomic mass is 10.0. The highest BCUT2D eigenvalue weighted by atomic mass is 32.2. The van der Waals surface area contributed by atoms with Crippen molar-refractivity contribution in [3.05, 3.63) is 54.1 Å². The van der Waals surface area contributed by atoms with Gasteiger partial charge in [0, 0.05) is 31.6 Å². The van der Waals surface area contributed by atoms with Crippen LogP contribution in [-0.2, 0) is 14.8 Å². The number of carbonyl (C=O) groups excluding carboxylic acids is 2. The van der Waals surface area contributed by atoms with Crippen molar-refractivity contribution >= 4 is 21.9 Å². The highest BCUT2D eigenvalue weighted by Crippen LogP contribution is 2.21. The minimum absolute atomic E-state index is 0.178. The summed E-state index contributed by atoms with van der Waals surface area (Å²) in [5.41, 5.74) is 0.423. The SMILES string of the molecule is CCOc1ccc(S(=O)(=O)NC2CCN(C(=O)c3cccc(OC(C)=O)c3)CC2)cc1. The molecule has 0 atom stereocenters. The number of esters is 1. The number of benzene rings is 2. The largest absolute Gasteiger partial charge is 0.494 e. The zero-order chi connectivity index (χ0) is 22.4. The summed E-state index contributed by atoms with van der Waals surface area (Å²) in [5, 5.41) is 0. The molecule has 0 radical (unpaired) electrons. The number of amides is 1. The van der Waals surface area contributed by atoms with E-state index in [1.165, 1.54) is 25.1 Å². The summed E-state index contributed by atoms with van der Waals surface area (Å²) in [6.45, 7) is 4.52. The number of ether oxygens (including phenoxy) is 2. The van der Waals surface area contributed by atoms with Crippen molar-refractivity contribution in [2.75, 3.05) is 19.7 Å². The number of nitrogens with zero attached hydrogens (tertiary/aromatic N) is 1. The van der Waals surface area contributed by atoms with E-state index in [2.05, 4.69) is 4.72 Å². The van der Waals surface area contributed by atoms with Gasteiger partial charge in [0.1, 0.15) is 11.5 Å². The van der Waals surface area contributed by atoms with E-state index in [0.717, 1.165) is 0 Å². The van der Waals surface area contributed by atoms with E-state index in [4.69, 9.17) is 9.47 Å². The van der Waals surface area contributed by atoms with Crippen LogP contribution in [0.1, 0.15) is 37.0 Å². The van der Waals surface area contributed by atoms with Gasteiger partial charge in [0.2, 0.25) is 10.0 Å². The molecule has 8 nitrogen and oxygen atoms in total. The Hall–Kier alpha value is -2.91. The lowest BCUT2D eigenvalue weighted by molar-refractivity contribution is -0.131. The van der Waals surface area contributed by atoms with Crippen LogP contribution in [0.2, 0.25) is 0 Å². The zero-order valence-corrected chi connectivity index (χ0v) is 18.4. The summed E-state index contributed by atoms with van der Waals surface area (Å²) in [6.07, 6.45) is 1.01. The summed E-state index contributed by atoms with van der Waals surface area (Å²) >= 11 is 0. The standard InChI is InChI=1S/C22H26N2O6S/c1-3-29-19-7-9-21(10-8-19)31(27,28)23-18-11-13-24(14-12-18)22(26)17-5-4-6-20(15-17)30-16(2)25/h4-10,15,18,23H,3,11-14H2,1-2H3. The Balaban J connectivity index is 1.57. The highest BCUT2D eigenvalue weighted by molar-refractivity contribution is 7.89. The van der Waals surface area contributed by atoms with Crippen LogP contribution < -0.4 is 14.2 Å². The van der Waals surface area contributed by atoms with Gasteiger partial charge in [-0.25, -0.2) is 13.1 Å². The Bertz CT molecular complexity index is 1030. The first-order valence-electron chi connectivity index (χ1n) is 10.1. The molecule has 2 aromatic rings. The first-order valence-corrected chi connectivity index (χ1v) is 11.6. The van der Waals surface area contributed by atoms with Crippen LogP contribution in [0, 0.1) is 0 Å². The van der Waals surface area contributed by atoms with Gasteiger partial charge in [-0.2, -0.15) is 0 Å². The summed E-state index contributed by atoms with van der Waals surface area (Å²) in [4.78, 5) is 25.7. The van der Waals surface area contributed by atoms with Gasteiger partial charge in [-0.3, -0.25) is 9.59 Å². The van der Waals surface area contributed by atoms with Crippen LogP contribution >= 0.6 is 0 Å². The second kappa shape index (κ2) is 9.93. The Morgan fingerprint density at radius 1 is 1.06 bits per heavy atom. The number of hydrogen-bond acceptors (Lipinski definition) is 6. The fraction of sp³-hybridized carbons (Fsp3) is 0.364. The summed E-state index contributed by atoms with van der Waals surface area (Å²) in [5.74, 6) is 0.300. The predicted octanol–water partition coefficient (Wildman–Crippen LogP) is 2.59. The number of hydrogen-bond donors (Lipinski definition) is 1. The maximum Gasteiger partial charge on any atom is 0.308 e. The first-order chi connectivity index (χ1) is 14.8. The van der Waals surface area contributed by atoms with E-state index in [-0.39, 0.29) is 16.8 Å². The molecule has 0 unspecified atom stereocenters. The van der Waals surface area contributed by atoms with E-state index in [0.29, 0.717) is 49.6 Å². The molecule has 9 heteroatoms. The van der Waals surface area contributed by atoms with E-state index in [1.54, 1.807) is 35.2 Å². The fourth-order valence-electron chi connectivity index (χ4n) is 3.41. The molecule has 0 bridgehead atoms. The molecule has 1 N–H and O–H groups in total. The smallest absolute Gasteiger partial charge is 0.308 e. The summed E-state index contributed by atoms with van der Waals surface area (Å²) in [7, 11) is -3.66. The average molecular weight is 447 g/mol. The van der Waals surface area contributed by atoms with Gasteiger partial charge in [0.15, 0.2) is 0 Å². The number of likely N-dealkylation sites (tertiary alicyclic amines) is 1. The Morgan fingerprint density at radius 3 is 2.35 bits per heavy atom. The molecule has 1 aliphatic heterocycles. The van der Waals surface area contributed by atoms with Crippen LogP contribution in [0.25, 0.3) is 0 Å². The van der Waals surface area contributed by atoms with E-state index < -0.39 is 16.0 Å². The topological polar surface area (TPSA) is 102 Å². The molecule has 1 amide bonds. The van der Waals surface area contributed by atoms with Crippen molar-refractivity contribution in [2.45, 2.75) is 37.6 Å². The van der Waals surface area contributed by atoms with Crippen LogP contribution in [0.3, 0.4) is 0 Å². The normalized spacial score (nSPS) is 14.8. The molecule has 166 valence electrons. The second-order valence-electron chi connectivity index (χ2n) is 7.21. The van der Waals surface area contributed by atoms with Crippen molar-refractivity contribution in [2.24, 2.45) is 0 Å². The van der Waals surface area contributed by atoms with Gasteiger partial charge >= 0.3 is 5.97 Å². The summed E-state index contributed by atoms with van der Waals surface area (Å²) < 4.78 is 38.4. The van der Waals surface area contributed by atoms with Crippen molar-refractivity contribution in [1.82, 2.24) is 9.62 Å². The maximum atomic E-state index is 12.8. The summed E-state index contributed by atoms with van der Waals surface area (Å²) in [6, 6.07) is 12.5. The average Bonchev–Trinajstić information content (AvgIpc) is 2.74. The van der Waals surface area contributed by atoms with Gasteiger partial charge < -0.3 is 14.4 Å². The number of sulfonamides is 1. The Labute approximate surface area is 182 Å². The molecule has 0 aromatic heterocycles. The van der Waals surface area contributed by atoms with Crippen molar-refractivity contribution < 1.29 is 27.5 Å². The molecular formula is C22H26N2O6S. The molecule has 0 spiro atoms.